The Kier molecular flexibility index (Phi) is 4.74. The van der Waals surface area contributed by atoms with E-state index in [9.17, 15) is 4.79 Å². The lowest BCUT2D eigenvalue weighted by Gasteiger charge is -2.07. The van der Waals surface area contributed by atoms with Gasteiger partial charge in [0.1, 0.15) is 5.75 Å². The number of halogens is 1. The molecule has 0 saturated carbocycles. The molecular weight excluding hydrogens is 236 g/mol. The molecule has 0 aliphatic rings. The highest BCUT2D eigenvalue weighted by atomic mass is 35.5. The summed E-state index contributed by atoms with van der Waals surface area (Å²) in [5, 5.41) is 0.597. The van der Waals surface area contributed by atoms with Crippen LogP contribution in [0.4, 0.5) is 0 Å². The molecule has 1 rings (SSSR count). The summed E-state index contributed by atoms with van der Waals surface area (Å²) in [5.41, 5.74) is 2.06. The van der Waals surface area contributed by atoms with Gasteiger partial charge in [-0.3, -0.25) is 10.2 Å². The van der Waals surface area contributed by atoms with E-state index < -0.39 is 0 Å². The van der Waals surface area contributed by atoms with Gasteiger partial charge in [0.25, 0.3) is 0 Å². The summed E-state index contributed by atoms with van der Waals surface area (Å²) in [6, 6.07) is 5.24. The van der Waals surface area contributed by atoms with Crippen molar-refractivity contribution in [2.75, 3.05) is 12.9 Å². The monoisotopic (exact) mass is 246 g/mol. The Morgan fingerprint density at radius 1 is 1.67 bits per heavy atom. The van der Waals surface area contributed by atoms with Crippen LogP contribution >= 0.6 is 23.4 Å². The number of hydrogen-bond acceptors (Lipinski definition) is 4. The summed E-state index contributed by atoms with van der Waals surface area (Å²) in [7, 11) is 1.55. The first kappa shape index (κ1) is 12.2. The quantitative estimate of drug-likeness (QED) is 0.365. The van der Waals surface area contributed by atoms with E-state index in [0.717, 1.165) is 4.90 Å². The van der Waals surface area contributed by atoms with E-state index >= 15 is 0 Å². The van der Waals surface area contributed by atoms with Gasteiger partial charge in [-0.25, -0.2) is 5.84 Å². The molecular formula is C9H11ClN2O2S. The average Bonchev–Trinajstić information content (AvgIpc) is 2.26. The maximum Gasteiger partial charge on any atom is 0.244 e. The minimum absolute atomic E-state index is 0.239. The Bertz CT molecular complexity index is 360. The Hall–Kier alpha value is -0.910. The second kappa shape index (κ2) is 5.85. The van der Waals surface area contributed by atoms with Crippen molar-refractivity contribution in [1.29, 1.82) is 0 Å². The zero-order valence-electron chi connectivity index (χ0n) is 8.12. The number of hydrazine groups is 1. The SMILES string of the molecule is COc1cc(Cl)ccc1SCC(=O)NN. The van der Waals surface area contributed by atoms with Crippen LogP contribution in [-0.2, 0) is 4.79 Å². The molecule has 0 radical (unpaired) electrons. The van der Waals surface area contributed by atoms with Crippen LogP contribution in [0.15, 0.2) is 23.1 Å². The van der Waals surface area contributed by atoms with E-state index in [1.807, 2.05) is 0 Å². The maximum absolute atomic E-state index is 10.9. The molecule has 0 unspecified atom stereocenters. The smallest absolute Gasteiger partial charge is 0.244 e. The number of thioether (sulfide) groups is 1. The summed E-state index contributed by atoms with van der Waals surface area (Å²) >= 11 is 7.13. The van der Waals surface area contributed by atoms with E-state index in [1.54, 1.807) is 25.3 Å². The molecule has 0 fully saturated rings. The van der Waals surface area contributed by atoms with E-state index in [4.69, 9.17) is 22.2 Å². The molecule has 0 atom stereocenters. The number of ether oxygens (including phenoxy) is 1. The summed E-state index contributed by atoms with van der Waals surface area (Å²) in [4.78, 5) is 11.8. The van der Waals surface area contributed by atoms with Gasteiger partial charge in [0, 0.05) is 9.92 Å². The molecule has 6 heteroatoms. The van der Waals surface area contributed by atoms with Gasteiger partial charge in [-0.15, -0.1) is 11.8 Å². The van der Waals surface area contributed by atoms with E-state index in [0.29, 0.717) is 10.8 Å². The first-order valence-electron chi connectivity index (χ1n) is 4.13. The highest BCUT2D eigenvalue weighted by Crippen LogP contribution is 2.31. The molecule has 0 aromatic heterocycles. The van der Waals surface area contributed by atoms with Gasteiger partial charge in [-0.05, 0) is 18.2 Å². The van der Waals surface area contributed by atoms with Crippen molar-refractivity contribution in [2.24, 2.45) is 5.84 Å². The minimum atomic E-state index is -0.239. The number of rotatable bonds is 4. The van der Waals surface area contributed by atoms with E-state index in [1.165, 1.54) is 11.8 Å². The van der Waals surface area contributed by atoms with Gasteiger partial charge in [0.2, 0.25) is 5.91 Å². The number of methoxy groups -OCH3 is 1. The summed E-state index contributed by atoms with van der Waals surface area (Å²) in [6.07, 6.45) is 0. The molecule has 0 aliphatic heterocycles. The number of nitrogens with two attached hydrogens (primary N) is 1. The van der Waals surface area contributed by atoms with E-state index in [2.05, 4.69) is 5.43 Å². The van der Waals surface area contributed by atoms with Gasteiger partial charge in [-0.2, -0.15) is 0 Å². The second-order valence-corrected chi connectivity index (χ2v) is 4.10. The topological polar surface area (TPSA) is 64.3 Å². The van der Waals surface area contributed by atoms with Crippen molar-refractivity contribution in [3.8, 4) is 5.75 Å². The fraction of sp³-hybridized carbons (Fsp3) is 0.222. The zero-order valence-corrected chi connectivity index (χ0v) is 9.69. The molecule has 15 heavy (non-hydrogen) atoms. The van der Waals surface area contributed by atoms with Gasteiger partial charge < -0.3 is 4.74 Å². The van der Waals surface area contributed by atoms with Gasteiger partial charge in [-0.1, -0.05) is 11.6 Å². The van der Waals surface area contributed by atoms with Crippen molar-refractivity contribution in [2.45, 2.75) is 4.90 Å². The van der Waals surface area contributed by atoms with Crippen LogP contribution in [0.3, 0.4) is 0 Å². The number of hydrogen-bond donors (Lipinski definition) is 2. The summed E-state index contributed by atoms with van der Waals surface area (Å²) < 4.78 is 5.12. The first-order chi connectivity index (χ1) is 7.17. The maximum atomic E-state index is 10.9. The molecule has 0 heterocycles. The standard InChI is InChI=1S/C9H11ClN2O2S/c1-14-7-4-6(10)2-3-8(7)15-5-9(13)12-11/h2-4H,5,11H2,1H3,(H,12,13). The fourth-order valence-corrected chi connectivity index (χ4v) is 1.93. The van der Waals surface area contributed by atoms with Crippen molar-refractivity contribution < 1.29 is 9.53 Å². The third-order valence-corrected chi connectivity index (χ3v) is 2.94. The minimum Gasteiger partial charge on any atom is -0.496 e. The number of amides is 1. The number of carbonyl (C=O) groups is 1. The number of nitrogens with one attached hydrogen (secondary N) is 1. The lowest BCUT2D eigenvalue weighted by atomic mass is 10.3. The molecule has 82 valence electrons. The van der Waals surface area contributed by atoms with Crippen molar-refractivity contribution in [3.63, 3.8) is 0 Å². The summed E-state index contributed by atoms with van der Waals surface area (Å²) in [6.45, 7) is 0. The lowest BCUT2D eigenvalue weighted by molar-refractivity contribution is -0.118. The van der Waals surface area contributed by atoms with E-state index in [-0.39, 0.29) is 11.7 Å². The zero-order chi connectivity index (χ0) is 11.3. The normalized spacial score (nSPS) is 9.80. The molecule has 1 aromatic rings. The largest absolute Gasteiger partial charge is 0.496 e. The number of carbonyl (C=O) groups excluding carboxylic acids is 1. The van der Waals surface area contributed by atoms with Crippen LogP contribution in [0, 0.1) is 0 Å². The molecule has 0 aliphatic carbocycles. The van der Waals surface area contributed by atoms with Crippen LogP contribution in [0.1, 0.15) is 0 Å². The average molecular weight is 247 g/mol. The molecule has 0 bridgehead atoms. The predicted molar refractivity (Wildman–Crippen MR) is 61.1 cm³/mol. The fourth-order valence-electron chi connectivity index (χ4n) is 0.946. The Labute approximate surface area is 97.1 Å². The molecule has 1 aromatic carbocycles. The third-order valence-electron chi connectivity index (χ3n) is 1.65. The predicted octanol–water partition coefficient (Wildman–Crippen LogP) is 1.43. The van der Waals surface area contributed by atoms with Crippen molar-refractivity contribution >= 4 is 29.3 Å². The Balaban J connectivity index is 2.72. The highest BCUT2D eigenvalue weighted by Gasteiger charge is 2.06. The van der Waals surface area contributed by atoms with Crippen molar-refractivity contribution in [1.82, 2.24) is 5.43 Å². The second-order valence-electron chi connectivity index (χ2n) is 2.65. The Morgan fingerprint density at radius 3 is 3.00 bits per heavy atom. The molecule has 3 N–H and O–H groups in total. The van der Waals surface area contributed by atoms with Gasteiger partial charge in [0.15, 0.2) is 0 Å². The molecule has 1 amide bonds. The molecule has 0 saturated heterocycles. The van der Waals surface area contributed by atoms with Crippen LogP contribution in [0.2, 0.25) is 5.02 Å². The third kappa shape index (κ3) is 3.62. The van der Waals surface area contributed by atoms with Crippen LogP contribution in [0.25, 0.3) is 0 Å². The highest BCUT2D eigenvalue weighted by molar-refractivity contribution is 8.00. The van der Waals surface area contributed by atoms with Gasteiger partial charge >= 0.3 is 0 Å². The molecule has 4 nitrogen and oxygen atoms in total. The van der Waals surface area contributed by atoms with Crippen LogP contribution < -0.4 is 16.0 Å². The van der Waals surface area contributed by atoms with Gasteiger partial charge in [0.05, 0.1) is 12.9 Å². The Morgan fingerprint density at radius 2 is 2.40 bits per heavy atom. The van der Waals surface area contributed by atoms with Crippen LogP contribution in [0.5, 0.6) is 5.75 Å². The van der Waals surface area contributed by atoms with Crippen molar-refractivity contribution in [3.05, 3.63) is 23.2 Å². The molecule has 0 spiro atoms. The summed E-state index contributed by atoms with van der Waals surface area (Å²) in [5.74, 6) is 5.62. The first-order valence-corrected chi connectivity index (χ1v) is 5.49. The van der Waals surface area contributed by atoms with Crippen LogP contribution in [-0.4, -0.2) is 18.8 Å². The lowest BCUT2D eigenvalue weighted by Crippen LogP contribution is -2.31. The number of benzene rings is 1.